The van der Waals surface area contributed by atoms with Crippen LogP contribution in [0.4, 0.5) is 0 Å². The molecule has 0 spiro atoms. The maximum Gasteiger partial charge on any atom is 0.311 e. The van der Waals surface area contributed by atoms with Gasteiger partial charge in [0.05, 0.1) is 32.5 Å². The van der Waals surface area contributed by atoms with Crippen LogP contribution in [0.25, 0.3) is 0 Å². The van der Waals surface area contributed by atoms with Crippen molar-refractivity contribution in [2.75, 3.05) is 46.7 Å². The van der Waals surface area contributed by atoms with Gasteiger partial charge in [-0.2, -0.15) is 0 Å². The third-order valence-corrected chi connectivity index (χ3v) is 3.09. The molecule has 7 nitrogen and oxygen atoms in total. The molecule has 1 heterocycles. The third-order valence-electron chi connectivity index (χ3n) is 3.09. The number of aliphatic carboxylic acids is 1. The van der Waals surface area contributed by atoms with Gasteiger partial charge in [-0.15, -0.1) is 0 Å². The molecule has 0 aliphatic carbocycles. The van der Waals surface area contributed by atoms with Gasteiger partial charge in [0, 0.05) is 13.7 Å². The van der Waals surface area contributed by atoms with Gasteiger partial charge in [-0.05, 0) is 6.92 Å². The van der Waals surface area contributed by atoms with Gasteiger partial charge in [0.25, 0.3) is 0 Å². The zero-order valence-corrected chi connectivity index (χ0v) is 11.3. The van der Waals surface area contributed by atoms with Crippen molar-refractivity contribution in [3.8, 4) is 0 Å². The number of carboxylic acid groups (broad SMARTS) is 1. The quantitative estimate of drug-likeness (QED) is 0.607. The first-order valence-electron chi connectivity index (χ1n) is 6.28. The van der Waals surface area contributed by atoms with Gasteiger partial charge in [-0.1, -0.05) is 0 Å². The molecular formula is C12H21NO6. The Labute approximate surface area is 112 Å². The van der Waals surface area contributed by atoms with Crippen LogP contribution in [-0.2, 0) is 23.8 Å². The molecule has 110 valence electrons. The minimum Gasteiger partial charge on any atom is -0.481 e. The van der Waals surface area contributed by atoms with Crippen molar-refractivity contribution in [3.05, 3.63) is 0 Å². The molecule has 0 saturated carbocycles. The maximum atomic E-state index is 12.0. The molecule has 1 N–H and O–H groups in total. The van der Waals surface area contributed by atoms with E-state index < -0.39 is 17.9 Å². The maximum absolute atomic E-state index is 12.0. The monoisotopic (exact) mass is 275 g/mol. The summed E-state index contributed by atoms with van der Waals surface area (Å²) in [7, 11) is 1.55. The summed E-state index contributed by atoms with van der Waals surface area (Å²) in [6.07, 6.45) is 0. The van der Waals surface area contributed by atoms with Crippen molar-refractivity contribution >= 4 is 11.9 Å². The van der Waals surface area contributed by atoms with Crippen molar-refractivity contribution < 1.29 is 28.9 Å². The Hall–Kier alpha value is -1.18. The molecule has 0 aromatic heterocycles. The lowest BCUT2D eigenvalue weighted by Crippen LogP contribution is -2.47. The number of carbonyl (C=O) groups excluding carboxylic acids is 1. The van der Waals surface area contributed by atoms with Crippen LogP contribution in [0.15, 0.2) is 0 Å². The standard InChI is InChI=1S/C12H21NO6/c1-3-13(11(14)8-18-5-4-17-2)10-7-19-6-9(10)12(15)16/h9-10H,3-8H2,1-2H3,(H,15,16). The van der Waals surface area contributed by atoms with Gasteiger partial charge in [0.1, 0.15) is 12.5 Å². The van der Waals surface area contributed by atoms with Gasteiger partial charge < -0.3 is 24.2 Å². The molecule has 1 saturated heterocycles. The van der Waals surface area contributed by atoms with Crippen LogP contribution in [-0.4, -0.2) is 74.6 Å². The van der Waals surface area contributed by atoms with E-state index in [4.69, 9.17) is 19.3 Å². The van der Waals surface area contributed by atoms with E-state index >= 15 is 0 Å². The molecule has 2 unspecified atom stereocenters. The van der Waals surface area contributed by atoms with E-state index in [2.05, 4.69) is 0 Å². The zero-order chi connectivity index (χ0) is 14.3. The molecule has 0 radical (unpaired) electrons. The first-order chi connectivity index (χ1) is 9.11. The van der Waals surface area contributed by atoms with Crippen molar-refractivity contribution in [2.45, 2.75) is 13.0 Å². The second kappa shape index (κ2) is 8.08. The van der Waals surface area contributed by atoms with Crippen LogP contribution >= 0.6 is 0 Å². The Morgan fingerprint density at radius 2 is 2.11 bits per heavy atom. The summed E-state index contributed by atoms with van der Waals surface area (Å²) < 4.78 is 15.2. The topological polar surface area (TPSA) is 85.3 Å². The van der Waals surface area contributed by atoms with Crippen molar-refractivity contribution in [3.63, 3.8) is 0 Å². The van der Waals surface area contributed by atoms with Gasteiger partial charge in [-0.3, -0.25) is 9.59 Å². The fourth-order valence-corrected chi connectivity index (χ4v) is 2.07. The number of rotatable bonds is 8. The predicted molar refractivity (Wildman–Crippen MR) is 65.8 cm³/mol. The number of amides is 1. The van der Waals surface area contributed by atoms with Crippen LogP contribution in [0, 0.1) is 5.92 Å². The molecule has 1 aliphatic heterocycles. The van der Waals surface area contributed by atoms with E-state index in [9.17, 15) is 9.59 Å². The number of ether oxygens (including phenoxy) is 3. The van der Waals surface area contributed by atoms with Crippen LogP contribution in [0.2, 0.25) is 0 Å². The summed E-state index contributed by atoms with van der Waals surface area (Å²) in [5.74, 6) is -1.82. The van der Waals surface area contributed by atoms with E-state index in [1.807, 2.05) is 6.92 Å². The van der Waals surface area contributed by atoms with E-state index in [0.29, 0.717) is 19.8 Å². The van der Waals surface area contributed by atoms with Gasteiger partial charge in [0.2, 0.25) is 5.91 Å². The smallest absolute Gasteiger partial charge is 0.311 e. The van der Waals surface area contributed by atoms with Crippen molar-refractivity contribution in [1.82, 2.24) is 4.90 Å². The summed E-state index contributed by atoms with van der Waals surface area (Å²) in [6, 6.07) is -0.416. The lowest BCUT2D eigenvalue weighted by atomic mass is 10.0. The third kappa shape index (κ3) is 4.45. The molecule has 1 aliphatic rings. The number of carboxylic acids is 1. The fraction of sp³-hybridized carbons (Fsp3) is 0.833. The second-order valence-corrected chi connectivity index (χ2v) is 4.27. The molecule has 1 fully saturated rings. The van der Waals surface area contributed by atoms with E-state index in [1.165, 1.54) is 4.90 Å². The fourth-order valence-electron chi connectivity index (χ4n) is 2.07. The highest BCUT2D eigenvalue weighted by molar-refractivity contribution is 5.79. The summed E-state index contributed by atoms with van der Waals surface area (Å²) in [6.45, 7) is 3.34. The zero-order valence-electron chi connectivity index (χ0n) is 11.3. The normalized spacial score (nSPS) is 22.4. The Kier molecular flexibility index (Phi) is 6.75. The van der Waals surface area contributed by atoms with Crippen LogP contribution in [0.1, 0.15) is 6.92 Å². The highest BCUT2D eigenvalue weighted by atomic mass is 16.5. The summed E-state index contributed by atoms with van der Waals surface area (Å²) in [4.78, 5) is 24.6. The summed E-state index contributed by atoms with van der Waals surface area (Å²) in [5.41, 5.74) is 0. The number of nitrogens with zero attached hydrogens (tertiary/aromatic N) is 1. The molecular weight excluding hydrogens is 254 g/mol. The average Bonchev–Trinajstić information content (AvgIpc) is 2.85. The van der Waals surface area contributed by atoms with E-state index in [-0.39, 0.29) is 25.7 Å². The molecule has 0 aromatic rings. The lowest BCUT2D eigenvalue weighted by Gasteiger charge is -2.29. The first-order valence-corrected chi connectivity index (χ1v) is 6.28. The molecule has 2 atom stereocenters. The number of likely N-dealkylation sites (N-methyl/N-ethyl adjacent to an activating group) is 1. The van der Waals surface area contributed by atoms with Crippen LogP contribution < -0.4 is 0 Å². The van der Waals surface area contributed by atoms with Gasteiger partial charge in [-0.25, -0.2) is 0 Å². The Morgan fingerprint density at radius 1 is 1.37 bits per heavy atom. The minimum absolute atomic E-state index is 0.0694. The number of methoxy groups -OCH3 is 1. The van der Waals surface area contributed by atoms with Gasteiger partial charge in [0.15, 0.2) is 0 Å². The molecule has 0 bridgehead atoms. The number of hydrogen-bond acceptors (Lipinski definition) is 5. The predicted octanol–water partition coefficient (Wildman–Crippen LogP) is -0.402. The number of carbonyl (C=O) groups is 2. The van der Waals surface area contributed by atoms with Crippen molar-refractivity contribution in [1.29, 1.82) is 0 Å². The van der Waals surface area contributed by atoms with Crippen LogP contribution in [0.3, 0.4) is 0 Å². The second-order valence-electron chi connectivity index (χ2n) is 4.27. The number of hydrogen-bond donors (Lipinski definition) is 1. The SMILES string of the molecule is CCN(C(=O)COCCOC)C1COCC1C(=O)O. The summed E-state index contributed by atoms with van der Waals surface area (Å²) in [5, 5.41) is 9.09. The van der Waals surface area contributed by atoms with E-state index in [0.717, 1.165) is 0 Å². The molecule has 19 heavy (non-hydrogen) atoms. The van der Waals surface area contributed by atoms with Gasteiger partial charge >= 0.3 is 5.97 Å². The summed E-state index contributed by atoms with van der Waals surface area (Å²) >= 11 is 0. The average molecular weight is 275 g/mol. The Bertz CT molecular complexity index is 309. The minimum atomic E-state index is -0.936. The Balaban J connectivity index is 2.51. The van der Waals surface area contributed by atoms with Crippen LogP contribution in [0.5, 0.6) is 0 Å². The lowest BCUT2D eigenvalue weighted by molar-refractivity contribution is -0.146. The highest BCUT2D eigenvalue weighted by Gasteiger charge is 2.39. The highest BCUT2D eigenvalue weighted by Crippen LogP contribution is 2.20. The Morgan fingerprint density at radius 3 is 2.68 bits per heavy atom. The molecule has 7 heteroatoms. The first kappa shape index (κ1) is 15.9. The molecule has 1 rings (SSSR count). The van der Waals surface area contributed by atoms with E-state index in [1.54, 1.807) is 7.11 Å². The molecule has 1 amide bonds. The largest absolute Gasteiger partial charge is 0.481 e. The molecule has 0 aromatic carbocycles. The van der Waals surface area contributed by atoms with Crippen molar-refractivity contribution in [2.24, 2.45) is 5.92 Å².